The standard InChI is InChI=1S/C15H20N4O2/c16-10-15(5-7-21-8-6-15)14(20)17-9-13-18-11-3-1-2-4-12(11)19-13/h1-4H,5-10,16H2,(H,17,20)(H,18,19). The van der Waals surface area contributed by atoms with Crippen LogP contribution in [0.2, 0.25) is 0 Å². The summed E-state index contributed by atoms with van der Waals surface area (Å²) in [5.74, 6) is 0.748. The van der Waals surface area contributed by atoms with Crippen LogP contribution < -0.4 is 11.1 Å². The molecule has 6 nitrogen and oxygen atoms in total. The summed E-state index contributed by atoms with van der Waals surface area (Å²) < 4.78 is 5.33. The third-order valence-electron chi connectivity index (χ3n) is 4.18. The first-order valence-corrected chi connectivity index (χ1v) is 7.23. The summed E-state index contributed by atoms with van der Waals surface area (Å²) in [6.07, 6.45) is 1.35. The third-order valence-corrected chi connectivity index (χ3v) is 4.18. The van der Waals surface area contributed by atoms with E-state index in [1.807, 2.05) is 24.3 Å². The lowest BCUT2D eigenvalue weighted by Gasteiger charge is -2.34. The lowest BCUT2D eigenvalue weighted by molar-refractivity contribution is -0.136. The smallest absolute Gasteiger partial charge is 0.228 e. The van der Waals surface area contributed by atoms with Crippen molar-refractivity contribution in [3.05, 3.63) is 30.1 Å². The molecule has 6 heteroatoms. The molecule has 0 aliphatic carbocycles. The molecule has 3 rings (SSSR count). The minimum Gasteiger partial charge on any atom is -0.381 e. The van der Waals surface area contributed by atoms with E-state index in [0.717, 1.165) is 16.9 Å². The number of rotatable bonds is 4. The van der Waals surface area contributed by atoms with Crippen LogP contribution in [0, 0.1) is 5.41 Å². The van der Waals surface area contributed by atoms with E-state index in [1.54, 1.807) is 0 Å². The fourth-order valence-corrected chi connectivity index (χ4v) is 2.73. The SMILES string of the molecule is NCC1(C(=O)NCc2nc3ccccc3[nH]2)CCOCC1. The van der Waals surface area contributed by atoms with E-state index in [1.165, 1.54) is 0 Å². The normalized spacial score (nSPS) is 17.8. The molecule has 0 saturated carbocycles. The van der Waals surface area contributed by atoms with Crippen LogP contribution in [0.3, 0.4) is 0 Å². The number of benzene rings is 1. The van der Waals surface area contributed by atoms with Gasteiger partial charge in [0.2, 0.25) is 5.91 Å². The van der Waals surface area contributed by atoms with Crippen LogP contribution >= 0.6 is 0 Å². The number of nitrogens with zero attached hydrogens (tertiary/aromatic N) is 1. The highest BCUT2D eigenvalue weighted by molar-refractivity contribution is 5.83. The molecule has 0 bridgehead atoms. The van der Waals surface area contributed by atoms with Crippen LogP contribution in [0.5, 0.6) is 0 Å². The van der Waals surface area contributed by atoms with E-state index in [-0.39, 0.29) is 5.91 Å². The number of imidazole rings is 1. The minimum atomic E-state index is -0.496. The number of carbonyl (C=O) groups excluding carboxylic acids is 1. The maximum Gasteiger partial charge on any atom is 0.228 e. The molecule has 0 radical (unpaired) electrons. The highest BCUT2D eigenvalue weighted by atomic mass is 16.5. The van der Waals surface area contributed by atoms with E-state index in [0.29, 0.717) is 39.1 Å². The molecular formula is C15H20N4O2. The first-order valence-electron chi connectivity index (χ1n) is 7.23. The Bertz CT molecular complexity index is 598. The number of H-pyrrole nitrogens is 1. The predicted octanol–water partition coefficient (Wildman–Crippen LogP) is 0.935. The summed E-state index contributed by atoms with van der Waals surface area (Å²) in [4.78, 5) is 20.1. The van der Waals surface area contributed by atoms with Crippen LogP contribution in [0.1, 0.15) is 18.7 Å². The Balaban J connectivity index is 1.67. The third kappa shape index (κ3) is 2.77. The highest BCUT2D eigenvalue weighted by Gasteiger charge is 2.38. The van der Waals surface area contributed by atoms with Gasteiger partial charge in [0.1, 0.15) is 5.82 Å². The zero-order chi connectivity index (χ0) is 14.7. The molecule has 4 N–H and O–H groups in total. The van der Waals surface area contributed by atoms with E-state index < -0.39 is 5.41 Å². The fourth-order valence-electron chi connectivity index (χ4n) is 2.73. The molecule has 1 aliphatic heterocycles. The van der Waals surface area contributed by atoms with Gasteiger partial charge in [-0.15, -0.1) is 0 Å². The van der Waals surface area contributed by atoms with Crippen molar-refractivity contribution >= 4 is 16.9 Å². The first-order chi connectivity index (χ1) is 10.2. The summed E-state index contributed by atoms with van der Waals surface area (Å²) in [5.41, 5.74) is 7.21. The number of hydrogen-bond acceptors (Lipinski definition) is 4. The van der Waals surface area contributed by atoms with Gasteiger partial charge in [0, 0.05) is 19.8 Å². The lowest BCUT2D eigenvalue weighted by Crippen LogP contribution is -2.49. The van der Waals surface area contributed by atoms with E-state index in [2.05, 4.69) is 15.3 Å². The van der Waals surface area contributed by atoms with Crippen molar-refractivity contribution in [2.24, 2.45) is 11.1 Å². The molecular weight excluding hydrogens is 268 g/mol. The summed E-state index contributed by atoms with van der Waals surface area (Å²) in [6, 6.07) is 7.80. The molecule has 0 atom stereocenters. The van der Waals surface area contributed by atoms with Crippen molar-refractivity contribution in [2.45, 2.75) is 19.4 Å². The van der Waals surface area contributed by atoms with Crippen LogP contribution in [0.25, 0.3) is 11.0 Å². The second kappa shape index (κ2) is 5.83. The van der Waals surface area contributed by atoms with Crippen LogP contribution in [-0.2, 0) is 16.1 Å². The molecule has 1 aromatic carbocycles. The Morgan fingerprint density at radius 1 is 1.38 bits per heavy atom. The number of aromatic amines is 1. The van der Waals surface area contributed by atoms with Gasteiger partial charge >= 0.3 is 0 Å². The summed E-state index contributed by atoms with van der Waals surface area (Å²) in [7, 11) is 0. The van der Waals surface area contributed by atoms with Crippen LogP contribution in [0.15, 0.2) is 24.3 Å². The fraction of sp³-hybridized carbons (Fsp3) is 0.467. The molecule has 1 aliphatic rings. The van der Waals surface area contributed by atoms with E-state index in [9.17, 15) is 4.79 Å². The van der Waals surface area contributed by atoms with Gasteiger partial charge in [0.15, 0.2) is 0 Å². The topological polar surface area (TPSA) is 93.0 Å². The molecule has 2 heterocycles. The van der Waals surface area contributed by atoms with E-state index in [4.69, 9.17) is 10.5 Å². The number of fused-ring (bicyclic) bond motifs is 1. The van der Waals surface area contributed by atoms with Crippen molar-refractivity contribution < 1.29 is 9.53 Å². The summed E-state index contributed by atoms with van der Waals surface area (Å²) >= 11 is 0. The molecule has 0 spiro atoms. The van der Waals surface area contributed by atoms with Gasteiger partial charge in [-0.1, -0.05) is 12.1 Å². The zero-order valence-electron chi connectivity index (χ0n) is 11.9. The average Bonchev–Trinajstić information content (AvgIpc) is 2.96. The van der Waals surface area contributed by atoms with Crippen LogP contribution in [-0.4, -0.2) is 35.6 Å². The number of carbonyl (C=O) groups is 1. The van der Waals surface area contributed by atoms with Crippen molar-refractivity contribution in [1.82, 2.24) is 15.3 Å². The maximum atomic E-state index is 12.5. The van der Waals surface area contributed by atoms with Crippen molar-refractivity contribution in [1.29, 1.82) is 0 Å². The van der Waals surface area contributed by atoms with Crippen molar-refractivity contribution in [2.75, 3.05) is 19.8 Å². The Hall–Kier alpha value is -1.92. The molecule has 1 saturated heterocycles. The number of nitrogens with two attached hydrogens (primary N) is 1. The number of para-hydroxylation sites is 2. The zero-order valence-corrected chi connectivity index (χ0v) is 11.9. The Morgan fingerprint density at radius 3 is 2.86 bits per heavy atom. The lowest BCUT2D eigenvalue weighted by atomic mass is 9.79. The average molecular weight is 288 g/mol. The molecule has 1 aromatic heterocycles. The summed E-state index contributed by atoms with van der Waals surface area (Å²) in [6.45, 7) is 1.92. The molecule has 0 unspecified atom stereocenters. The molecule has 112 valence electrons. The van der Waals surface area contributed by atoms with Gasteiger partial charge in [-0.3, -0.25) is 4.79 Å². The van der Waals surface area contributed by atoms with Gasteiger partial charge in [0.25, 0.3) is 0 Å². The minimum absolute atomic E-state index is 0.00578. The predicted molar refractivity (Wildman–Crippen MR) is 79.5 cm³/mol. The van der Waals surface area contributed by atoms with Crippen molar-refractivity contribution in [3.8, 4) is 0 Å². The van der Waals surface area contributed by atoms with Gasteiger partial charge in [-0.05, 0) is 25.0 Å². The van der Waals surface area contributed by atoms with Gasteiger partial charge in [-0.2, -0.15) is 0 Å². The maximum absolute atomic E-state index is 12.5. The quantitative estimate of drug-likeness (QED) is 0.780. The Labute approximate surface area is 123 Å². The molecule has 21 heavy (non-hydrogen) atoms. The number of aromatic nitrogens is 2. The number of hydrogen-bond donors (Lipinski definition) is 3. The molecule has 2 aromatic rings. The van der Waals surface area contributed by atoms with E-state index >= 15 is 0 Å². The van der Waals surface area contributed by atoms with Gasteiger partial charge in [0.05, 0.1) is 23.0 Å². The second-order valence-electron chi connectivity index (χ2n) is 5.48. The summed E-state index contributed by atoms with van der Waals surface area (Å²) in [5, 5.41) is 2.95. The van der Waals surface area contributed by atoms with Crippen molar-refractivity contribution in [3.63, 3.8) is 0 Å². The molecule has 1 fully saturated rings. The Kier molecular flexibility index (Phi) is 3.90. The molecule has 1 amide bonds. The number of nitrogens with one attached hydrogen (secondary N) is 2. The first kappa shape index (κ1) is 14.0. The van der Waals surface area contributed by atoms with Crippen LogP contribution in [0.4, 0.5) is 0 Å². The largest absolute Gasteiger partial charge is 0.381 e. The second-order valence-corrected chi connectivity index (χ2v) is 5.48. The highest BCUT2D eigenvalue weighted by Crippen LogP contribution is 2.29. The monoisotopic (exact) mass is 288 g/mol. The number of ether oxygens (including phenoxy) is 1. The van der Waals surface area contributed by atoms with Gasteiger partial charge < -0.3 is 20.8 Å². The number of amides is 1. The Morgan fingerprint density at radius 2 is 2.14 bits per heavy atom. The van der Waals surface area contributed by atoms with Gasteiger partial charge in [-0.25, -0.2) is 4.98 Å².